The standard InChI is InChI=1S/C16H16N2O2/c1-20-16(5-2-6-16)8-15(19)13-10-18-14-7-11(9-17)3-4-12(13)14/h3-4,7,10,18H,2,5-6,8H2,1H3. The van der Waals surface area contributed by atoms with Crippen LogP contribution in [-0.4, -0.2) is 23.5 Å². The van der Waals surface area contributed by atoms with Gasteiger partial charge in [0.1, 0.15) is 0 Å². The number of carbonyl (C=O) groups is 1. The van der Waals surface area contributed by atoms with Gasteiger partial charge in [0.05, 0.1) is 17.2 Å². The molecule has 0 radical (unpaired) electrons. The third-order valence-corrected chi connectivity index (χ3v) is 4.29. The van der Waals surface area contributed by atoms with Gasteiger partial charge in [-0.1, -0.05) is 6.07 Å². The van der Waals surface area contributed by atoms with Crippen LogP contribution in [0, 0.1) is 11.3 Å². The third-order valence-electron chi connectivity index (χ3n) is 4.29. The Hall–Kier alpha value is -2.12. The number of nitrogens with zero attached hydrogens (tertiary/aromatic N) is 1. The predicted molar refractivity (Wildman–Crippen MR) is 75.6 cm³/mol. The van der Waals surface area contributed by atoms with E-state index in [1.54, 1.807) is 25.4 Å². The summed E-state index contributed by atoms with van der Waals surface area (Å²) in [5.41, 5.74) is 1.85. The van der Waals surface area contributed by atoms with E-state index in [0.29, 0.717) is 17.5 Å². The SMILES string of the molecule is COC1(CC(=O)c2c[nH]c3cc(C#N)ccc23)CCC1. The van der Waals surface area contributed by atoms with E-state index in [4.69, 9.17) is 10.00 Å². The molecule has 1 aliphatic rings. The highest BCUT2D eigenvalue weighted by atomic mass is 16.5. The quantitative estimate of drug-likeness (QED) is 0.866. The lowest BCUT2D eigenvalue weighted by molar-refractivity contribution is -0.0704. The molecule has 0 unspecified atom stereocenters. The normalized spacial score (nSPS) is 16.6. The number of nitrogens with one attached hydrogen (secondary N) is 1. The number of nitriles is 1. The molecule has 1 fully saturated rings. The van der Waals surface area contributed by atoms with Crippen LogP contribution in [0.2, 0.25) is 0 Å². The van der Waals surface area contributed by atoms with Crippen molar-refractivity contribution in [2.24, 2.45) is 0 Å². The molecule has 1 aromatic heterocycles. The minimum absolute atomic E-state index is 0.0995. The summed E-state index contributed by atoms with van der Waals surface area (Å²) in [5, 5.41) is 9.76. The molecule has 0 atom stereocenters. The Labute approximate surface area is 117 Å². The summed E-state index contributed by atoms with van der Waals surface area (Å²) in [6, 6.07) is 7.43. The van der Waals surface area contributed by atoms with Gasteiger partial charge in [0, 0.05) is 36.2 Å². The molecule has 3 rings (SSSR count). The van der Waals surface area contributed by atoms with Gasteiger partial charge in [-0.05, 0) is 31.4 Å². The van der Waals surface area contributed by atoms with Gasteiger partial charge in [-0.25, -0.2) is 0 Å². The van der Waals surface area contributed by atoms with Crippen molar-refractivity contribution < 1.29 is 9.53 Å². The summed E-state index contributed by atoms with van der Waals surface area (Å²) >= 11 is 0. The number of ether oxygens (including phenoxy) is 1. The number of Topliss-reactive ketones (excluding diaryl/α,β-unsaturated/α-hetero) is 1. The van der Waals surface area contributed by atoms with Crippen LogP contribution in [-0.2, 0) is 4.74 Å². The Morgan fingerprint density at radius 3 is 2.90 bits per heavy atom. The maximum absolute atomic E-state index is 12.5. The van der Waals surface area contributed by atoms with Crippen LogP contribution in [0.4, 0.5) is 0 Å². The second-order valence-corrected chi connectivity index (χ2v) is 5.42. The van der Waals surface area contributed by atoms with Crippen LogP contribution in [0.25, 0.3) is 10.9 Å². The van der Waals surface area contributed by atoms with E-state index in [-0.39, 0.29) is 11.4 Å². The molecule has 1 N–H and O–H groups in total. The Morgan fingerprint density at radius 2 is 2.30 bits per heavy atom. The highest BCUT2D eigenvalue weighted by molar-refractivity contribution is 6.08. The van der Waals surface area contributed by atoms with Crippen LogP contribution in [0.3, 0.4) is 0 Å². The molecule has 1 aliphatic carbocycles. The number of methoxy groups -OCH3 is 1. The lowest BCUT2D eigenvalue weighted by Gasteiger charge is -2.40. The largest absolute Gasteiger partial charge is 0.378 e. The zero-order valence-corrected chi connectivity index (χ0v) is 11.4. The monoisotopic (exact) mass is 268 g/mol. The molecule has 4 nitrogen and oxygen atoms in total. The highest BCUT2D eigenvalue weighted by Crippen LogP contribution is 2.39. The van der Waals surface area contributed by atoms with Gasteiger partial charge in [-0.2, -0.15) is 5.26 Å². The van der Waals surface area contributed by atoms with E-state index in [2.05, 4.69) is 11.1 Å². The van der Waals surface area contributed by atoms with Crippen molar-refractivity contribution in [3.63, 3.8) is 0 Å². The third kappa shape index (κ3) is 2.00. The summed E-state index contributed by atoms with van der Waals surface area (Å²) in [6.45, 7) is 0. The second kappa shape index (κ2) is 4.77. The van der Waals surface area contributed by atoms with Gasteiger partial charge < -0.3 is 9.72 Å². The van der Waals surface area contributed by atoms with Gasteiger partial charge in [-0.15, -0.1) is 0 Å². The molecule has 102 valence electrons. The number of benzene rings is 1. The van der Waals surface area contributed by atoms with Crippen LogP contribution in [0.1, 0.15) is 41.6 Å². The van der Waals surface area contributed by atoms with Crippen molar-refractivity contribution in [1.82, 2.24) is 4.98 Å². The minimum Gasteiger partial charge on any atom is -0.378 e. The van der Waals surface area contributed by atoms with Crippen molar-refractivity contribution in [3.05, 3.63) is 35.5 Å². The van der Waals surface area contributed by atoms with Gasteiger partial charge in [-0.3, -0.25) is 4.79 Å². The van der Waals surface area contributed by atoms with Crippen molar-refractivity contribution >= 4 is 16.7 Å². The number of fused-ring (bicyclic) bond motifs is 1. The molecule has 1 heterocycles. The molecule has 0 saturated heterocycles. The first-order chi connectivity index (χ1) is 9.67. The fourth-order valence-corrected chi connectivity index (χ4v) is 2.84. The zero-order chi connectivity index (χ0) is 14.2. The lowest BCUT2D eigenvalue weighted by Crippen LogP contribution is -2.41. The van der Waals surface area contributed by atoms with Gasteiger partial charge in [0.15, 0.2) is 5.78 Å². The van der Waals surface area contributed by atoms with Crippen LogP contribution >= 0.6 is 0 Å². The first-order valence-corrected chi connectivity index (χ1v) is 6.77. The van der Waals surface area contributed by atoms with E-state index < -0.39 is 0 Å². The predicted octanol–water partition coefficient (Wildman–Crippen LogP) is 3.18. The van der Waals surface area contributed by atoms with Crippen molar-refractivity contribution in [2.75, 3.05) is 7.11 Å². The number of aromatic nitrogens is 1. The summed E-state index contributed by atoms with van der Waals surface area (Å²) < 4.78 is 5.52. The molecule has 20 heavy (non-hydrogen) atoms. The van der Waals surface area contributed by atoms with E-state index >= 15 is 0 Å². The van der Waals surface area contributed by atoms with Gasteiger partial charge >= 0.3 is 0 Å². The smallest absolute Gasteiger partial charge is 0.167 e. The van der Waals surface area contributed by atoms with E-state index in [0.717, 1.165) is 30.2 Å². The average Bonchev–Trinajstić information content (AvgIpc) is 2.85. The highest BCUT2D eigenvalue weighted by Gasteiger charge is 2.39. The second-order valence-electron chi connectivity index (χ2n) is 5.42. The summed E-state index contributed by atoms with van der Waals surface area (Å²) in [6.07, 6.45) is 5.19. The molecule has 2 aromatic rings. The van der Waals surface area contributed by atoms with Crippen LogP contribution in [0.15, 0.2) is 24.4 Å². The van der Waals surface area contributed by atoms with Crippen molar-refractivity contribution in [2.45, 2.75) is 31.3 Å². The van der Waals surface area contributed by atoms with E-state index in [9.17, 15) is 4.79 Å². The molecule has 0 amide bonds. The van der Waals surface area contributed by atoms with Gasteiger partial charge in [0.25, 0.3) is 0 Å². The Kier molecular flexibility index (Phi) is 3.07. The van der Waals surface area contributed by atoms with Gasteiger partial charge in [0.2, 0.25) is 0 Å². The average molecular weight is 268 g/mol. The molecule has 0 bridgehead atoms. The summed E-state index contributed by atoms with van der Waals surface area (Å²) in [5.74, 6) is 0.0995. The Bertz CT molecular complexity index is 699. The fourth-order valence-electron chi connectivity index (χ4n) is 2.84. The summed E-state index contributed by atoms with van der Waals surface area (Å²) in [4.78, 5) is 15.5. The van der Waals surface area contributed by atoms with Crippen molar-refractivity contribution in [1.29, 1.82) is 5.26 Å². The zero-order valence-electron chi connectivity index (χ0n) is 11.4. The first kappa shape index (κ1) is 12.9. The number of hydrogen-bond acceptors (Lipinski definition) is 3. The molecule has 4 heteroatoms. The Morgan fingerprint density at radius 1 is 1.50 bits per heavy atom. The summed E-state index contributed by atoms with van der Waals surface area (Å²) in [7, 11) is 1.68. The van der Waals surface area contributed by atoms with Crippen LogP contribution < -0.4 is 0 Å². The fraction of sp³-hybridized carbons (Fsp3) is 0.375. The Balaban J connectivity index is 1.90. The number of aromatic amines is 1. The number of rotatable bonds is 4. The minimum atomic E-state index is -0.257. The molecular weight excluding hydrogens is 252 g/mol. The maximum atomic E-state index is 12.5. The maximum Gasteiger partial charge on any atom is 0.167 e. The van der Waals surface area contributed by atoms with E-state index in [1.807, 2.05) is 6.07 Å². The molecular formula is C16H16N2O2. The number of H-pyrrole nitrogens is 1. The molecule has 1 saturated carbocycles. The van der Waals surface area contributed by atoms with Crippen molar-refractivity contribution in [3.8, 4) is 6.07 Å². The lowest BCUT2D eigenvalue weighted by atomic mass is 9.76. The topological polar surface area (TPSA) is 65.9 Å². The molecule has 0 aliphatic heterocycles. The first-order valence-electron chi connectivity index (χ1n) is 6.77. The number of hydrogen-bond donors (Lipinski definition) is 1. The molecule has 0 spiro atoms. The van der Waals surface area contributed by atoms with Crippen LogP contribution in [0.5, 0.6) is 0 Å². The van der Waals surface area contributed by atoms with E-state index in [1.165, 1.54) is 0 Å². The number of ketones is 1. The number of carbonyl (C=O) groups excluding carboxylic acids is 1. The molecule has 1 aromatic carbocycles.